The predicted octanol–water partition coefficient (Wildman–Crippen LogP) is 2.76. The summed E-state index contributed by atoms with van der Waals surface area (Å²) in [6.07, 6.45) is 0. The Labute approximate surface area is 135 Å². The van der Waals surface area contributed by atoms with Gasteiger partial charge in [0.1, 0.15) is 0 Å². The fraction of sp³-hybridized carbons (Fsp3) is 0.263. The maximum Gasteiger partial charge on any atom is 0.264 e. The van der Waals surface area contributed by atoms with E-state index in [1.54, 1.807) is 49.4 Å². The van der Waals surface area contributed by atoms with Crippen LogP contribution in [0.2, 0.25) is 0 Å². The van der Waals surface area contributed by atoms with E-state index in [1.807, 2.05) is 19.1 Å². The van der Waals surface area contributed by atoms with E-state index in [-0.39, 0.29) is 5.78 Å². The van der Waals surface area contributed by atoms with Crippen molar-refractivity contribution in [2.45, 2.75) is 19.4 Å². The quantitative estimate of drug-likeness (QED) is 0.884. The number of ketones is 1. The molecule has 2 aromatic rings. The molecule has 0 unspecified atom stereocenters. The lowest BCUT2D eigenvalue weighted by Gasteiger charge is -2.28. The fourth-order valence-corrected chi connectivity index (χ4v) is 3.24. The van der Waals surface area contributed by atoms with E-state index in [4.69, 9.17) is 0 Å². The molecule has 2 atom stereocenters. The zero-order valence-corrected chi connectivity index (χ0v) is 13.2. The van der Waals surface area contributed by atoms with Crippen molar-refractivity contribution in [1.82, 2.24) is 0 Å². The minimum atomic E-state index is -1.82. The first kappa shape index (κ1) is 15.4. The number of benzene rings is 2. The highest BCUT2D eigenvalue weighted by atomic mass is 16.3. The van der Waals surface area contributed by atoms with Crippen molar-refractivity contribution in [1.29, 1.82) is 0 Å². The Morgan fingerprint density at radius 3 is 2.39 bits per heavy atom. The summed E-state index contributed by atoms with van der Waals surface area (Å²) in [4.78, 5) is 27.1. The van der Waals surface area contributed by atoms with Crippen LogP contribution in [0, 0.1) is 5.92 Å². The standard InChI is InChI=1S/C19H19NO3/c1-3-20-16-12-8-7-11-15(16)19(23,18(20)22)13(2)17(21)14-9-5-4-6-10-14/h4-13,23H,3H2,1-2H3/t13-,19+/m0/s1. The predicted molar refractivity (Wildman–Crippen MR) is 88.3 cm³/mol. The third-order valence-corrected chi connectivity index (χ3v) is 4.57. The van der Waals surface area contributed by atoms with Crippen LogP contribution >= 0.6 is 0 Å². The van der Waals surface area contributed by atoms with Gasteiger partial charge in [-0.25, -0.2) is 0 Å². The van der Waals surface area contributed by atoms with Crippen LogP contribution in [0.5, 0.6) is 0 Å². The second kappa shape index (κ2) is 5.63. The first-order valence-electron chi connectivity index (χ1n) is 7.75. The average molecular weight is 309 g/mol. The van der Waals surface area contributed by atoms with E-state index >= 15 is 0 Å². The van der Waals surface area contributed by atoms with Gasteiger partial charge in [0.05, 0.1) is 11.6 Å². The summed E-state index contributed by atoms with van der Waals surface area (Å²) in [6, 6.07) is 15.9. The topological polar surface area (TPSA) is 57.6 Å². The molecule has 4 nitrogen and oxygen atoms in total. The summed E-state index contributed by atoms with van der Waals surface area (Å²) in [5.41, 5.74) is -0.146. The van der Waals surface area contributed by atoms with Gasteiger partial charge in [-0.1, -0.05) is 55.5 Å². The van der Waals surface area contributed by atoms with Crippen LogP contribution in [-0.4, -0.2) is 23.3 Å². The number of rotatable bonds is 4. The molecule has 1 aliphatic heterocycles. The highest BCUT2D eigenvalue weighted by molar-refractivity contribution is 6.11. The lowest BCUT2D eigenvalue weighted by Crippen LogP contribution is -2.47. The van der Waals surface area contributed by atoms with Gasteiger partial charge in [0, 0.05) is 17.7 Å². The first-order valence-corrected chi connectivity index (χ1v) is 7.75. The van der Waals surface area contributed by atoms with Gasteiger partial charge in [-0.05, 0) is 13.0 Å². The molecule has 0 aromatic heterocycles. The smallest absolute Gasteiger partial charge is 0.264 e. The summed E-state index contributed by atoms with van der Waals surface area (Å²) in [6.45, 7) is 3.91. The second-order valence-electron chi connectivity index (χ2n) is 5.78. The van der Waals surface area contributed by atoms with Gasteiger partial charge in [-0.3, -0.25) is 9.59 Å². The number of para-hydroxylation sites is 1. The molecule has 1 aliphatic rings. The van der Waals surface area contributed by atoms with Crippen molar-refractivity contribution < 1.29 is 14.7 Å². The monoisotopic (exact) mass is 309 g/mol. The Morgan fingerprint density at radius 1 is 1.13 bits per heavy atom. The number of Topliss-reactive ketones (excluding diaryl/α,β-unsaturated/α-hetero) is 1. The lowest BCUT2D eigenvalue weighted by molar-refractivity contribution is -0.139. The van der Waals surface area contributed by atoms with Gasteiger partial charge >= 0.3 is 0 Å². The molecule has 118 valence electrons. The molecule has 23 heavy (non-hydrogen) atoms. The summed E-state index contributed by atoms with van der Waals surface area (Å²) in [7, 11) is 0. The molecule has 1 heterocycles. The molecule has 0 radical (unpaired) electrons. The Balaban J connectivity index is 2.07. The van der Waals surface area contributed by atoms with Crippen LogP contribution in [0.25, 0.3) is 0 Å². The Morgan fingerprint density at radius 2 is 1.74 bits per heavy atom. The van der Waals surface area contributed by atoms with Gasteiger partial charge in [0.25, 0.3) is 5.91 Å². The summed E-state index contributed by atoms with van der Waals surface area (Å²) >= 11 is 0. The van der Waals surface area contributed by atoms with E-state index in [2.05, 4.69) is 0 Å². The Hall–Kier alpha value is -2.46. The lowest BCUT2D eigenvalue weighted by atomic mass is 9.79. The largest absolute Gasteiger partial charge is 0.375 e. The summed E-state index contributed by atoms with van der Waals surface area (Å²) in [5, 5.41) is 11.2. The number of hydrogen-bond donors (Lipinski definition) is 1. The number of anilines is 1. The molecular weight excluding hydrogens is 290 g/mol. The first-order chi connectivity index (χ1) is 11.0. The van der Waals surface area contributed by atoms with E-state index < -0.39 is 17.4 Å². The van der Waals surface area contributed by atoms with E-state index in [9.17, 15) is 14.7 Å². The highest BCUT2D eigenvalue weighted by Crippen LogP contribution is 2.45. The van der Waals surface area contributed by atoms with Crippen molar-refractivity contribution in [3.63, 3.8) is 0 Å². The van der Waals surface area contributed by atoms with Crippen molar-refractivity contribution in [2.24, 2.45) is 5.92 Å². The maximum atomic E-state index is 12.8. The Bertz CT molecular complexity index is 756. The number of carbonyl (C=O) groups is 2. The number of fused-ring (bicyclic) bond motifs is 1. The molecule has 1 amide bonds. The Kier molecular flexibility index (Phi) is 3.78. The van der Waals surface area contributed by atoms with Crippen LogP contribution in [-0.2, 0) is 10.4 Å². The zero-order valence-electron chi connectivity index (χ0n) is 13.2. The number of nitrogens with zero attached hydrogens (tertiary/aromatic N) is 1. The van der Waals surface area contributed by atoms with Gasteiger partial charge in [-0.15, -0.1) is 0 Å². The minimum Gasteiger partial charge on any atom is -0.375 e. The highest BCUT2D eigenvalue weighted by Gasteiger charge is 2.54. The van der Waals surface area contributed by atoms with Gasteiger partial charge in [0.2, 0.25) is 0 Å². The van der Waals surface area contributed by atoms with Crippen LogP contribution < -0.4 is 4.90 Å². The zero-order chi connectivity index (χ0) is 16.6. The summed E-state index contributed by atoms with van der Waals surface area (Å²) < 4.78 is 0. The number of likely N-dealkylation sites (N-methyl/N-ethyl adjacent to an activating group) is 1. The molecule has 1 N–H and O–H groups in total. The van der Waals surface area contributed by atoms with E-state index in [1.165, 1.54) is 4.90 Å². The molecule has 4 heteroatoms. The normalized spacial score (nSPS) is 21.2. The van der Waals surface area contributed by atoms with Gasteiger partial charge in [0.15, 0.2) is 11.4 Å². The molecule has 0 bridgehead atoms. The van der Waals surface area contributed by atoms with Crippen LogP contribution in [0.15, 0.2) is 54.6 Å². The van der Waals surface area contributed by atoms with Crippen molar-refractivity contribution in [2.75, 3.05) is 11.4 Å². The number of amides is 1. The average Bonchev–Trinajstić information content (AvgIpc) is 2.83. The third kappa shape index (κ3) is 2.18. The van der Waals surface area contributed by atoms with Crippen molar-refractivity contribution in [3.05, 3.63) is 65.7 Å². The molecule has 0 spiro atoms. The molecule has 0 aliphatic carbocycles. The molecule has 0 fully saturated rings. The minimum absolute atomic E-state index is 0.241. The second-order valence-corrected chi connectivity index (χ2v) is 5.78. The maximum absolute atomic E-state index is 12.8. The number of hydrogen-bond acceptors (Lipinski definition) is 3. The van der Waals surface area contributed by atoms with Crippen molar-refractivity contribution >= 4 is 17.4 Å². The number of carbonyl (C=O) groups excluding carboxylic acids is 2. The molecular formula is C19H19NO3. The van der Waals surface area contributed by atoms with Gasteiger partial charge < -0.3 is 10.0 Å². The van der Waals surface area contributed by atoms with E-state index in [0.717, 1.165) is 0 Å². The SMILES string of the molecule is CCN1C(=O)[C@@](O)([C@@H](C)C(=O)c2ccccc2)c2ccccc21. The molecule has 0 saturated carbocycles. The molecule has 2 aromatic carbocycles. The van der Waals surface area contributed by atoms with Crippen LogP contribution in [0.1, 0.15) is 29.8 Å². The summed E-state index contributed by atoms with van der Waals surface area (Å²) in [5.74, 6) is -1.54. The fourth-order valence-electron chi connectivity index (χ4n) is 3.24. The third-order valence-electron chi connectivity index (χ3n) is 4.57. The van der Waals surface area contributed by atoms with Gasteiger partial charge in [-0.2, -0.15) is 0 Å². The van der Waals surface area contributed by atoms with E-state index in [0.29, 0.717) is 23.4 Å². The van der Waals surface area contributed by atoms with Crippen LogP contribution in [0.4, 0.5) is 5.69 Å². The van der Waals surface area contributed by atoms with Crippen molar-refractivity contribution in [3.8, 4) is 0 Å². The van der Waals surface area contributed by atoms with Crippen LogP contribution in [0.3, 0.4) is 0 Å². The number of aliphatic hydroxyl groups is 1. The molecule has 0 saturated heterocycles. The molecule has 3 rings (SSSR count).